The van der Waals surface area contributed by atoms with Gasteiger partial charge in [0.25, 0.3) is 0 Å². The van der Waals surface area contributed by atoms with E-state index in [1.807, 2.05) is 29.3 Å². The van der Waals surface area contributed by atoms with Gasteiger partial charge >= 0.3 is 0 Å². The molecule has 1 atom stereocenters. The van der Waals surface area contributed by atoms with Crippen molar-refractivity contribution in [1.29, 1.82) is 0 Å². The van der Waals surface area contributed by atoms with Crippen molar-refractivity contribution in [2.24, 2.45) is 7.05 Å². The number of morpholine rings is 1. The Morgan fingerprint density at radius 3 is 2.88 bits per heavy atom. The van der Waals surface area contributed by atoms with Gasteiger partial charge in [0.15, 0.2) is 0 Å². The summed E-state index contributed by atoms with van der Waals surface area (Å²) in [6.07, 6.45) is 6.35. The van der Waals surface area contributed by atoms with Crippen LogP contribution in [0.3, 0.4) is 0 Å². The Morgan fingerprint density at radius 2 is 2.21 bits per heavy atom. The van der Waals surface area contributed by atoms with Crippen LogP contribution in [0.5, 0.6) is 0 Å². The van der Waals surface area contributed by atoms with Gasteiger partial charge in [-0.15, -0.1) is 11.3 Å². The van der Waals surface area contributed by atoms with Crippen molar-refractivity contribution in [2.75, 3.05) is 46.4 Å². The summed E-state index contributed by atoms with van der Waals surface area (Å²) in [6, 6.07) is 4.92. The molecule has 5 nitrogen and oxygen atoms in total. The highest BCUT2D eigenvalue weighted by Crippen LogP contribution is 2.26. The molecule has 132 valence electrons. The number of aryl methyl sites for hydroxylation is 2. The second-order valence-electron chi connectivity index (χ2n) is 6.57. The number of hydrogen-bond donors (Lipinski definition) is 0. The average Bonchev–Trinajstić information content (AvgIpc) is 3.25. The molecule has 0 amide bonds. The first-order valence-corrected chi connectivity index (χ1v) is 9.61. The monoisotopic (exact) mass is 348 g/mol. The molecule has 0 bridgehead atoms. The summed E-state index contributed by atoms with van der Waals surface area (Å²) in [4.78, 5) is 6.51. The molecule has 6 heteroatoms. The van der Waals surface area contributed by atoms with Crippen LogP contribution in [0.4, 0.5) is 0 Å². The molecule has 3 rings (SSSR count). The van der Waals surface area contributed by atoms with Gasteiger partial charge in [-0.05, 0) is 43.4 Å². The van der Waals surface area contributed by atoms with Crippen molar-refractivity contribution >= 4 is 11.3 Å². The van der Waals surface area contributed by atoms with Gasteiger partial charge in [-0.2, -0.15) is 5.10 Å². The number of ether oxygens (including phenoxy) is 1. The summed E-state index contributed by atoms with van der Waals surface area (Å²) in [5, 5.41) is 6.43. The lowest BCUT2D eigenvalue weighted by molar-refractivity contribution is 0.0101. The standard InChI is InChI=1S/C18H28N4OS/c1-20(7-3-5-16-13-19-21(2)14-16)15-17(18-6-4-12-24-18)22-8-10-23-11-9-22/h4,6,12-14,17H,3,5,7-11,15H2,1-2H3/t17-/m0/s1. The lowest BCUT2D eigenvalue weighted by Gasteiger charge is -2.36. The summed E-state index contributed by atoms with van der Waals surface area (Å²) in [5.41, 5.74) is 1.33. The van der Waals surface area contributed by atoms with E-state index in [9.17, 15) is 0 Å². The van der Waals surface area contributed by atoms with Crippen LogP contribution < -0.4 is 0 Å². The highest BCUT2D eigenvalue weighted by molar-refractivity contribution is 7.10. The smallest absolute Gasteiger partial charge is 0.0594 e. The maximum Gasteiger partial charge on any atom is 0.0594 e. The Hall–Kier alpha value is -1.21. The van der Waals surface area contributed by atoms with Crippen molar-refractivity contribution in [3.8, 4) is 0 Å². The van der Waals surface area contributed by atoms with Crippen molar-refractivity contribution in [3.05, 3.63) is 40.3 Å². The first kappa shape index (κ1) is 17.6. The van der Waals surface area contributed by atoms with E-state index in [1.165, 1.54) is 16.9 Å². The van der Waals surface area contributed by atoms with Crippen LogP contribution in [0.2, 0.25) is 0 Å². The molecule has 0 radical (unpaired) electrons. The molecule has 0 saturated carbocycles. The Labute approximate surface area is 148 Å². The molecular weight excluding hydrogens is 320 g/mol. The van der Waals surface area contributed by atoms with Crippen molar-refractivity contribution in [1.82, 2.24) is 19.6 Å². The third-order valence-corrected chi connectivity index (χ3v) is 5.58. The highest BCUT2D eigenvalue weighted by Gasteiger charge is 2.24. The summed E-state index contributed by atoms with van der Waals surface area (Å²) < 4.78 is 7.41. The predicted molar refractivity (Wildman–Crippen MR) is 98.5 cm³/mol. The quantitative estimate of drug-likeness (QED) is 0.734. The van der Waals surface area contributed by atoms with E-state index >= 15 is 0 Å². The number of rotatable bonds is 8. The van der Waals surface area contributed by atoms with E-state index in [0.717, 1.165) is 45.8 Å². The maximum atomic E-state index is 5.53. The molecule has 1 aliphatic heterocycles. The molecule has 2 aromatic rings. The molecule has 0 aliphatic carbocycles. The van der Waals surface area contributed by atoms with Crippen LogP contribution in [0.1, 0.15) is 22.9 Å². The minimum atomic E-state index is 0.484. The van der Waals surface area contributed by atoms with Crippen molar-refractivity contribution in [2.45, 2.75) is 18.9 Å². The zero-order valence-corrected chi connectivity index (χ0v) is 15.5. The number of thiophene rings is 1. The summed E-state index contributed by atoms with van der Waals surface area (Å²) >= 11 is 1.87. The topological polar surface area (TPSA) is 33.5 Å². The van der Waals surface area contributed by atoms with E-state index in [-0.39, 0.29) is 0 Å². The van der Waals surface area contributed by atoms with Crippen LogP contribution in [-0.2, 0) is 18.2 Å². The molecule has 0 unspecified atom stereocenters. The second kappa shape index (κ2) is 8.76. The van der Waals surface area contributed by atoms with Crippen molar-refractivity contribution < 1.29 is 4.74 Å². The Balaban J connectivity index is 1.51. The van der Waals surface area contributed by atoms with E-state index in [1.54, 1.807) is 0 Å². The van der Waals surface area contributed by atoms with Crippen LogP contribution in [-0.4, -0.2) is 66.0 Å². The maximum absolute atomic E-state index is 5.53. The van der Waals surface area contributed by atoms with Crippen LogP contribution >= 0.6 is 11.3 Å². The largest absolute Gasteiger partial charge is 0.379 e. The SMILES string of the molecule is CN(CCCc1cnn(C)c1)C[C@@H](c1cccs1)N1CCOCC1. The molecule has 0 spiro atoms. The number of nitrogens with zero attached hydrogens (tertiary/aromatic N) is 4. The average molecular weight is 349 g/mol. The lowest BCUT2D eigenvalue weighted by atomic mass is 10.1. The molecule has 0 N–H and O–H groups in total. The Kier molecular flexibility index (Phi) is 6.43. The van der Waals surface area contributed by atoms with Crippen LogP contribution in [0.25, 0.3) is 0 Å². The van der Waals surface area contributed by atoms with E-state index < -0.39 is 0 Å². The van der Waals surface area contributed by atoms with E-state index in [0.29, 0.717) is 6.04 Å². The van der Waals surface area contributed by atoms with Gasteiger partial charge in [0, 0.05) is 37.8 Å². The molecular formula is C18H28N4OS. The number of aromatic nitrogens is 2. The third-order valence-electron chi connectivity index (χ3n) is 4.61. The highest BCUT2D eigenvalue weighted by atomic mass is 32.1. The summed E-state index contributed by atoms with van der Waals surface area (Å²) in [6.45, 7) is 5.96. The van der Waals surface area contributed by atoms with E-state index in [2.05, 4.69) is 45.7 Å². The first-order chi connectivity index (χ1) is 11.7. The Bertz CT molecular complexity index is 592. The van der Waals surface area contributed by atoms with Gasteiger partial charge in [-0.3, -0.25) is 9.58 Å². The fourth-order valence-corrected chi connectivity index (χ4v) is 4.15. The molecule has 0 aromatic carbocycles. The van der Waals surface area contributed by atoms with E-state index in [4.69, 9.17) is 4.74 Å². The van der Waals surface area contributed by atoms with Gasteiger partial charge in [-0.25, -0.2) is 0 Å². The van der Waals surface area contributed by atoms with Crippen LogP contribution in [0.15, 0.2) is 29.9 Å². The summed E-state index contributed by atoms with van der Waals surface area (Å²) in [5.74, 6) is 0. The zero-order chi connectivity index (χ0) is 16.8. The lowest BCUT2D eigenvalue weighted by Crippen LogP contribution is -2.43. The normalized spacial score (nSPS) is 17.5. The molecule has 3 heterocycles. The minimum Gasteiger partial charge on any atom is -0.379 e. The molecule has 1 saturated heterocycles. The number of likely N-dealkylation sites (N-methyl/N-ethyl adjacent to an activating group) is 1. The second-order valence-corrected chi connectivity index (χ2v) is 7.55. The molecule has 24 heavy (non-hydrogen) atoms. The number of hydrogen-bond acceptors (Lipinski definition) is 5. The Morgan fingerprint density at radius 1 is 1.38 bits per heavy atom. The minimum absolute atomic E-state index is 0.484. The fourth-order valence-electron chi connectivity index (χ4n) is 3.30. The van der Waals surface area contributed by atoms with Gasteiger partial charge in [0.05, 0.1) is 25.5 Å². The zero-order valence-electron chi connectivity index (χ0n) is 14.7. The predicted octanol–water partition coefficient (Wildman–Crippen LogP) is 2.42. The fraction of sp³-hybridized carbons (Fsp3) is 0.611. The third kappa shape index (κ3) is 4.89. The molecule has 2 aromatic heterocycles. The van der Waals surface area contributed by atoms with Gasteiger partial charge in [0.2, 0.25) is 0 Å². The molecule has 1 fully saturated rings. The van der Waals surface area contributed by atoms with Crippen LogP contribution in [0, 0.1) is 0 Å². The van der Waals surface area contributed by atoms with Gasteiger partial charge in [-0.1, -0.05) is 6.07 Å². The molecule has 1 aliphatic rings. The van der Waals surface area contributed by atoms with Gasteiger partial charge in [0.1, 0.15) is 0 Å². The van der Waals surface area contributed by atoms with Gasteiger partial charge < -0.3 is 9.64 Å². The first-order valence-electron chi connectivity index (χ1n) is 8.73. The summed E-state index contributed by atoms with van der Waals surface area (Å²) in [7, 11) is 4.22. The van der Waals surface area contributed by atoms with Crippen molar-refractivity contribution in [3.63, 3.8) is 0 Å².